The van der Waals surface area contributed by atoms with Crippen molar-refractivity contribution in [3.8, 4) is 5.75 Å². The molecule has 2 unspecified atom stereocenters. The molecular formula is C23H37F2NO5. The van der Waals surface area contributed by atoms with Crippen LogP contribution >= 0.6 is 0 Å². The Morgan fingerprint density at radius 3 is 2.26 bits per heavy atom. The molecule has 2 rings (SSSR count). The number of phenols is 1. The maximum Gasteiger partial charge on any atom is 0.323 e. The molecule has 0 saturated carbocycles. The number of alkyl halides is 2. The summed E-state index contributed by atoms with van der Waals surface area (Å²) in [6, 6.07) is 8.41. The number of halogens is 2. The lowest BCUT2D eigenvalue weighted by Crippen LogP contribution is -2.36. The lowest BCUT2D eigenvalue weighted by Gasteiger charge is -2.19. The zero-order valence-corrected chi connectivity index (χ0v) is 19.1. The summed E-state index contributed by atoms with van der Waals surface area (Å²) in [7, 11) is 1.71. The molecule has 178 valence electrons. The molecule has 1 aromatic carbocycles. The Hall–Kier alpha value is -2.22. The topological polar surface area (TPSA) is 84.9 Å². The van der Waals surface area contributed by atoms with E-state index in [1.165, 1.54) is 0 Å². The molecule has 1 heterocycles. The molecule has 1 aromatic rings. The number of hydrogen-bond acceptors (Lipinski definition) is 6. The highest BCUT2D eigenvalue weighted by molar-refractivity contribution is 5.75. The summed E-state index contributed by atoms with van der Waals surface area (Å²) in [5.74, 6) is 0.00797. The smallest absolute Gasteiger partial charge is 0.323 e. The van der Waals surface area contributed by atoms with Crippen molar-refractivity contribution in [1.82, 2.24) is 5.32 Å². The van der Waals surface area contributed by atoms with Gasteiger partial charge in [0.05, 0.1) is 6.10 Å². The zero-order chi connectivity index (χ0) is 23.9. The largest absolute Gasteiger partial charge is 0.508 e. The van der Waals surface area contributed by atoms with Crippen LogP contribution in [0.25, 0.3) is 0 Å². The third kappa shape index (κ3) is 16.2. The van der Waals surface area contributed by atoms with E-state index in [9.17, 15) is 18.4 Å². The van der Waals surface area contributed by atoms with Crippen LogP contribution in [0.15, 0.2) is 30.3 Å². The number of ether oxygens (including phenoxy) is 2. The highest BCUT2D eigenvalue weighted by Crippen LogP contribution is 2.25. The van der Waals surface area contributed by atoms with Crippen molar-refractivity contribution in [3.05, 3.63) is 30.3 Å². The van der Waals surface area contributed by atoms with Gasteiger partial charge in [0.1, 0.15) is 17.4 Å². The molecule has 1 aliphatic rings. The Kier molecular flexibility index (Phi) is 14.4. The third-order valence-electron chi connectivity index (χ3n) is 4.39. The van der Waals surface area contributed by atoms with E-state index in [0.717, 1.165) is 12.8 Å². The molecule has 0 radical (unpaired) electrons. The first kappa shape index (κ1) is 28.8. The van der Waals surface area contributed by atoms with Crippen LogP contribution in [0.1, 0.15) is 59.8 Å². The van der Waals surface area contributed by atoms with Gasteiger partial charge in [-0.25, -0.2) is 8.78 Å². The summed E-state index contributed by atoms with van der Waals surface area (Å²) in [5, 5.41) is 11.5. The Balaban J connectivity index is 0.000000527. The van der Waals surface area contributed by atoms with Crippen molar-refractivity contribution in [2.75, 3.05) is 7.05 Å². The molecule has 31 heavy (non-hydrogen) atoms. The lowest BCUT2D eigenvalue weighted by atomic mass is 9.92. The molecule has 1 saturated heterocycles. The van der Waals surface area contributed by atoms with Gasteiger partial charge >= 0.3 is 5.97 Å². The Labute approximate surface area is 184 Å². The SMILES string of the molecule is CC(C)(C)OC=O.CN[C@H]1CCCC(CC(F)F)CC(C)OC1=O.Oc1ccccc1. The summed E-state index contributed by atoms with van der Waals surface area (Å²) in [5.41, 5.74) is -0.318. The molecule has 8 heteroatoms. The number of para-hydroxylation sites is 1. The second-order valence-electron chi connectivity index (χ2n) is 8.41. The second-order valence-corrected chi connectivity index (χ2v) is 8.41. The fourth-order valence-electron chi connectivity index (χ4n) is 2.94. The second kappa shape index (κ2) is 15.6. The van der Waals surface area contributed by atoms with E-state index >= 15 is 0 Å². The van der Waals surface area contributed by atoms with Crippen molar-refractivity contribution in [2.45, 2.75) is 84.0 Å². The highest BCUT2D eigenvalue weighted by atomic mass is 19.3. The minimum Gasteiger partial charge on any atom is -0.508 e. The normalized spacial score (nSPS) is 21.7. The average Bonchev–Trinajstić information content (AvgIpc) is 2.70. The summed E-state index contributed by atoms with van der Waals surface area (Å²) < 4.78 is 34.6. The predicted octanol–water partition coefficient (Wildman–Crippen LogP) is 4.70. The first-order chi connectivity index (χ1) is 14.5. The number of cyclic esters (lactones) is 1. The van der Waals surface area contributed by atoms with Gasteiger partial charge in [-0.1, -0.05) is 31.0 Å². The molecular weight excluding hydrogens is 408 g/mol. The van der Waals surface area contributed by atoms with Gasteiger partial charge in [0.25, 0.3) is 6.47 Å². The van der Waals surface area contributed by atoms with Crippen LogP contribution in [-0.4, -0.2) is 48.8 Å². The molecule has 0 spiro atoms. The number of aromatic hydroxyl groups is 1. The monoisotopic (exact) mass is 445 g/mol. The van der Waals surface area contributed by atoms with Crippen LogP contribution < -0.4 is 5.32 Å². The van der Waals surface area contributed by atoms with Gasteiger partial charge in [0.2, 0.25) is 6.43 Å². The van der Waals surface area contributed by atoms with Gasteiger partial charge in [-0.05, 0) is 65.6 Å². The van der Waals surface area contributed by atoms with Gasteiger partial charge in [0, 0.05) is 6.42 Å². The van der Waals surface area contributed by atoms with E-state index < -0.39 is 6.43 Å². The van der Waals surface area contributed by atoms with Crippen LogP contribution in [0.4, 0.5) is 8.78 Å². The minimum absolute atomic E-state index is 0.0478. The molecule has 2 N–H and O–H groups in total. The van der Waals surface area contributed by atoms with E-state index in [4.69, 9.17) is 9.84 Å². The number of likely N-dealkylation sites (N-methyl/N-ethyl adjacent to an activating group) is 1. The average molecular weight is 446 g/mol. The van der Waals surface area contributed by atoms with Crippen molar-refractivity contribution in [2.24, 2.45) is 5.92 Å². The number of carbonyl (C=O) groups excluding carboxylic acids is 2. The maximum absolute atomic E-state index is 12.4. The number of esters is 1. The fourth-order valence-corrected chi connectivity index (χ4v) is 2.94. The molecule has 3 atom stereocenters. The highest BCUT2D eigenvalue weighted by Gasteiger charge is 2.26. The van der Waals surface area contributed by atoms with Gasteiger partial charge in [0.15, 0.2) is 0 Å². The number of carbonyl (C=O) groups is 2. The van der Waals surface area contributed by atoms with E-state index in [2.05, 4.69) is 10.1 Å². The van der Waals surface area contributed by atoms with E-state index in [1.54, 1.807) is 38.2 Å². The summed E-state index contributed by atoms with van der Waals surface area (Å²) in [6.07, 6.45) is 0.0678. The van der Waals surface area contributed by atoms with E-state index in [1.807, 2.05) is 26.8 Å². The molecule has 0 amide bonds. The Morgan fingerprint density at radius 2 is 1.87 bits per heavy atom. The number of rotatable bonds is 4. The van der Waals surface area contributed by atoms with E-state index in [-0.39, 0.29) is 36.1 Å². The van der Waals surface area contributed by atoms with Gasteiger partial charge in [-0.15, -0.1) is 0 Å². The number of benzene rings is 1. The fraction of sp³-hybridized carbons (Fsp3) is 0.652. The standard InChI is InChI=1S/C12H21F2NO2.C6H6O.C5H10O2/c1-8-6-9(7-11(13)14)4-3-5-10(15-2)12(16)17-8;7-6-4-2-1-3-5-6;1-5(2,3)7-4-6/h8-11,15H,3-7H2,1-2H3;1-5,7H;4H,1-3H3/t8?,9?,10-;;/m0../s1. The molecule has 0 aromatic heterocycles. The minimum atomic E-state index is -2.27. The van der Waals surface area contributed by atoms with Crippen LogP contribution in [0.5, 0.6) is 5.75 Å². The van der Waals surface area contributed by atoms with Gasteiger partial charge < -0.3 is 19.9 Å². The zero-order valence-electron chi connectivity index (χ0n) is 19.1. The number of phenolic OH excluding ortho intramolecular Hbond substituents is 1. The van der Waals surface area contributed by atoms with Crippen LogP contribution in [0.3, 0.4) is 0 Å². The van der Waals surface area contributed by atoms with Crippen molar-refractivity contribution >= 4 is 12.4 Å². The third-order valence-corrected chi connectivity index (χ3v) is 4.39. The Bertz CT molecular complexity index is 608. The van der Waals surface area contributed by atoms with Gasteiger partial charge in [-0.2, -0.15) is 0 Å². The lowest BCUT2D eigenvalue weighted by molar-refractivity contribution is -0.151. The van der Waals surface area contributed by atoms with Crippen LogP contribution in [0.2, 0.25) is 0 Å². The first-order valence-electron chi connectivity index (χ1n) is 10.5. The molecule has 1 aliphatic heterocycles. The van der Waals surface area contributed by atoms with Crippen molar-refractivity contribution in [3.63, 3.8) is 0 Å². The summed E-state index contributed by atoms with van der Waals surface area (Å²) in [6.45, 7) is 7.69. The van der Waals surface area contributed by atoms with E-state index in [0.29, 0.717) is 25.1 Å². The molecule has 6 nitrogen and oxygen atoms in total. The quantitative estimate of drug-likeness (QED) is 0.516. The molecule has 0 aliphatic carbocycles. The Morgan fingerprint density at radius 1 is 1.26 bits per heavy atom. The number of hydrogen-bond donors (Lipinski definition) is 2. The van der Waals surface area contributed by atoms with Crippen LogP contribution in [-0.2, 0) is 19.1 Å². The summed E-state index contributed by atoms with van der Waals surface area (Å²) in [4.78, 5) is 21.3. The first-order valence-corrected chi connectivity index (χ1v) is 10.5. The van der Waals surface area contributed by atoms with Gasteiger partial charge in [-0.3, -0.25) is 9.59 Å². The van der Waals surface area contributed by atoms with Crippen molar-refractivity contribution < 1.29 is 33.0 Å². The molecule has 1 fully saturated rings. The predicted molar refractivity (Wildman–Crippen MR) is 116 cm³/mol. The maximum atomic E-state index is 12.4. The summed E-state index contributed by atoms with van der Waals surface area (Å²) >= 11 is 0. The molecule has 0 bridgehead atoms. The number of nitrogens with one attached hydrogen (secondary N) is 1. The van der Waals surface area contributed by atoms with Crippen molar-refractivity contribution in [1.29, 1.82) is 0 Å². The van der Waals surface area contributed by atoms with Crippen LogP contribution in [0, 0.1) is 5.92 Å².